The average Bonchev–Trinajstić information content (AvgIpc) is 1.88. The SMILES string of the molecule is C=C(C)C(=O)[O-].CC(=O)C(=O)[O-].[Zn+2]. The fraction of sp³-hybridized carbons (Fsp3) is 0.286. The molecule has 0 aromatic carbocycles. The summed E-state index contributed by atoms with van der Waals surface area (Å²) in [5.74, 6) is -3.75. The molecule has 0 unspecified atom stereocenters. The standard InChI is InChI=1S/C4H6O2.C3H4O3.Zn/c1-3(2)4(5)6;1-2(4)3(5)6;/h1H2,2H3,(H,5,6);1H3,(H,5,6);/q;;+2/p-2. The van der Waals surface area contributed by atoms with Gasteiger partial charge in [-0.05, 0) is 12.5 Å². The van der Waals surface area contributed by atoms with Crippen molar-refractivity contribution in [2.45, 2.75) is 13.8 Å². The minimum atomic E-state index is -1.63. The van der Waals surface area contributed by atoms with Gasteiger partial charge in [0, 0.05) is 6.92 Å². The minimum Gasteiger partial charge on any atom is -0.545 e. The topological polar surface area (TPSA) is 97.3 Å². The first-order chi connectivity index (χ1) is 5.29. The van der Waals surface area contributed by atoms with Gasteiger partial charge in [-0.2, -0.15) is 0 Å². The molecule has 5 nitrogen and oxygen atoms in total. The van der Waals surface area contributed by atoms with Crippen LogP contribution in [0.15, 0.2) is 12.2 Å². The Morgan fingerprint density at radius 3 is 1.15 bits per heavy atom. The fourth-order valence-electron chi connectivity index (χ4n) is 0. The summed E-state index contributed by atoms with van der Waals surface area (Å²) in [4.78, 5) is 28.2. The second-order valence-corrected chi connectivity index (χ2v) is 1.91. The number of carbonyl (C=O) groups is 3. The van der Waals surface area contributed by atoms with Crippen molar-refractivity contribution in [2.75, 3.05) is 0 Å². The molecule has 0 atom stereocenters. The van der Waals surface area contributed by atoms with E-state index in [1.807, 2.05) is 0 Å². The van der Waals surface area contributed by atoms with Gasteiger partial charge in [0.25, 0.3) is 0 Å². The molecule has 0 aromatic rings. The van der Waals surface area contributed by atoms with Crippen molar-refractivity contribution < 1.29 is 44.1 Å². The van der Waals surface area contributed by atoms with Gasteiger partial charge < -0.3 is 19.8 Å². The Balaban J connectivity index is -0.000000143. The zero-order valence-corrected chi connectivity index (χ0v) is 10.4. The Morgan fingerprint density at radius 1 is 1.00 bits per heavy atom. The maximum absolute atomic E-state index is 9.49. The summed E-state index contributed by atoms with van der Waals surface area (Å²) in [5, 5.41) is 18.7. The van der Waals surface area contributed by atoms with E-state index >= 15 is 0 Å². The number of ketones is 1. The molecule has 0 aliphatic rings. The van der Waals surface area contributed by atoms with E-state index in [2.05, 4.69) is 6.58 Å². The van der Waals surface area contributed by atoms with E-state index in [1.54, 1.807) is 0 Å². The molecule has 0 heterocycles. The van der Waals surface area contributed by atoms with E-state index in [1.165, 1.54) is 6.92 Å². The van der Waals surface area contributed by atoms with Crippen LogP contribution in [-0.4, -0.2) is 17.7 Å². The minimum absolute atomic E-state index is 0. The normalized spacial score (nSPS) is 6.92. The molecule has 0 amide bonds. The summed E-state index contributed by atoms with van der Waals surface area (Å²) in [7, 11) is 0. The third-order valence-corrected chi connectivity index (χ3v) is 0.636. The summed E-state index contributed by atoms with van der Waals surface area (Å²) in [6.45, 7) is 5.42. The molecule has 0 aliphatic heterocycles. The molecular formula is C7H8O5Zn. The third-order valence-electron chi connectivity index (χ3n) is 0.636. The van der Waals surface area contributed by atoms with E-state index in [-0.39, 0.29) is 25.1 Å². The van der Waals surface area contributed by atoms with E-state index in [9.17, 15) is 24.6 Å². The summed E-state index contributed by atoms with van der Waals surface area (Å²) in [6.07, 6.45) is 0. The number of carboxylic acids is 2. The summed E-state index contributed by atoms with van der Waals surface area (Å²) >= 11 is 0. The number of aliphatic carboxylic acids is 2. The molecular weight excluding hydrogens is 229 g/mol. The molecule has 0 aliphatic carbocycles. The predicted octanol–water partition coefficient (Wildman–Crippen LogP) is -2.36. The Labute approximate surface area is 88.2 Å². The zero-order valence-electron chi connectivity index (χ0n) is 7.46. The average molecular weight is 238 g/mol. The van der Waals surface area contributed by atoms with E-state index < -0.39 is 17.7 Å². The van der Waals surface area contributed by atoms with Gasteiger partial charge in [-0.1, -0.05) is 6.58 Å². The largest absolute Gasteiger partial charge is 2.00 e. The van der Waals surface area contributed by atoms with Crippen molar-refractivity contribution in [2.24, 2.45) is 0 Å². The fourth-order valence-corrected chi connectivity index (χ4v) is 0. The second-order valence-electron chi connectivity index (χ2n) is 1.91. The Morgan fingerprint density at radius 2 is 1.15 bits per heavy atom. The number of hydrogen-bond acceptors (Lipinski definition) is 5. The van der Waals surface area contributed by atoms with Crippen LogP contribution in [0.2, 0.25) is 0 Å². The van der Waals surface area contributed by atoms with Gasteiger partial charge in [0.1, 0.15) is 5.97 Å². The third kappa shape index (κ3) is 18.2. The van der Waals surface area contributed by atoms with Crippen LogP contribution in [0.3, 0.4) is 0 Å². The van der Waals surface area contributed by atoms with Crippen molar-refractivity contribution in [1.29, 1.82) is 0 Å². The van der Waals surface area contributed by atoms with Crippen LogP contribution in [0.25, 0.3) is 0 Å². The number of carboxylic acid groups (broad SMARTS) is 2. The Kier molecular flexibility index (Phi) is 12.5. The maximum Gasteiger partial charge on any atom is 2.00 e. The molecule has 0 rings (SSSR count). The first kappa shape index (κ1) is 17.9. The van der Waals surface area contributed by atoms with Gasteiger partial charge >= 0.3 is 19.5 Å². The van der Waals surface area contributed by atoms with Gasteiger partial charge in [-0.25, -0.2) is 0 Å². The van der Waals surface area contributed by atoms with E-state index in [0.717, 1.165) is 6.92 Å². The summed E-state index contributed by atoms with van der Waals surface area (Å²) in [6, 6.07) is 0. The molecule has 0 saturated heterocycles. The molecule has 0 N–H and O–H groups in total. The molecule has 0 fully saturated rings. The van der Waals surface area contributed by atoms with E-state index in [4.69, 9.17) is 0 Å². The predicted molar refractivity (Wildman–Crippen MR) is 35.5 cm³/mol. The van der Waals surface area contributed by atoms with Gasteiger partial charge in [-0.3, -0.25) is 4.79 Å². The second kappa shape index (κ2) is 9.06. The monoisotopic (exact) mass is 236 g/mol. The van der Waals surface area contributed by atoms with Crippen LogP contribution in [0.5, 0.6) is 0 Å². The van der Waals surface area contributed by atoms with Gasteiger partial charge in [0.2, 0.25) is 0 Å². The number of rotatable bonds is 2. The van der Waals surface area contributed by atoms with Gasteiger partial charge in [-0.15, -0.1) is 0 Å². The van der Waals surface area contributed by atoms with Gasteiger partial charge in [0.15, 0.2) is 5.78 Å². The molecule has 6 heteroatoms. The molecule has 0 saturated carbocycles. The van der Waals surface area contributed by atoms with Crippen LogP contribution in [0, 0.1) is 0 Å². The zero-order chi connectivity index (χ0) is 10.3. The molecule has 0 aromatic heterocycles. The van der Waals surface area contributed by atoms with Crippen LogP contribution in [-0.2, 0) is 33.9 Å². The smallest absolute Gasteiger partial charge is 0.545 e. The molecule has 0 spiro atoms. The number of carbonyl (C=O) groups excluding carboxylic acids is 3. The molecule has 68 valence electrons. The summed E-state index contributed by atoms with van der Waals surface area (Å²) in [5.41, 5.74) is 0.0648. The first-order valence-corrected chi connectivity index (χ1v) is 2.87. The van der Waals surface area contributed by atoms with Crippen molar-refractivity contribution in [3.63, 3.8) is 0 Å². The van der Waals surface area contributed by atoms with Crippen molar-refractivity contribution in [3.05, 3.63) is 12.2 Å². The molecule has 0 bridgehead atoms. The number of Topliss-reactive ketones (excluding diaryl/α,β-unsaturated/α-hetero) is 1. The Bertz CT molecular complexity index is 173. The van der Waals surface area contributed by atoms with Crippen molar-refractivity contribution in [3.8, 4) is 0 Å². The van der Waals surface area contributed by atoms with Crippen LogP contribution in [0.1, 0.15) is 13.8 Å². The van der Waals surface area contributed by atoms with Crippen LogP contribution < -0.4 is 10.2 Å². The Hall–Kier alpha value is -1.03. The molecule has 0 radical (unpaired) electrons. The maximum atomic E-state index is 9.49. The van der Waals surface area contributed by atoms with Crippen molar-refractivity contribution >= 4 is 17.7 Å². The van der Waals surface area contributed by atoms with Crippen LogP contribution in [0.4, 0.5) is 0 Å². The van der Waals surface area contributed by atoms with Crippen molar-refractivity contribution in [1.82, 2.24) is 0 Å². The molecule has 13 heavy (non-hydrogen) atoms. The summed E-state index contributed by atoms with van der Waals surface area (Å²) < 4.78 is 0. The quantitative estimate of drug-likeness (QED) is 0.304. The first-order valence-electron chi connectivity index (χ1n) is 2.87. The number of hydrogen-bond donors (Lipinski definition) is 0. The van der Waals surface area contributed by atoms with Crippen LogP contribution >= 0.6 is 0 Å². The van der Waals surface area contributed by atoms with Gasteiger partial charge in [0.05, 0.1) is 5.97 Å². The van der Waals surface area contributed by atoms with E-state index in [0.29, 0.717) is 0 Å².